The minimum Gasteiger partial charge on any atom is -0.352 e. The van der Waals surface area contributed by atoms with Gasteiger partial charge in [0, 0.05) is 22.6 Å². The lowest BCUT2D eigenvalue weighted by Crippen LogP contribution is -2.36. The van der Waals surface area contributed by atoms with Crippen molar-refractivity contribution in [2.45, 2.75) is 38.1 Å². The van der Waals surface area contributed by atoms with Crippen molar-refractivity contribution >= 4 is 40.9 Å². The molecule has 5 heteroatoms. The van der Waals surface area contributed by atoms with Crippen molar-refractivity contribution in [3.05, 3.63) is 33.4 Å². The second-order valence-corrected chi connectivity index (χ2v) is 6.34. The second-order valence-electron chi connectivity index (χ2n) is 5.09. The van der Waals surface area contributed by atoms with E-state index in [0.717, 1.165) is 38.8 Å². The normalized spacial score (nSPS) is 17.6. The van der Waals surface area contributed by atoms with Crippen LogP contribution in [0.5, 0.6) is 0 Å². The molecule has 2 rings (SSSR count). The number of benzene rings is 1. The molecule has 1 fully saturated rings. The van der Waals surface area contributed by atoms with Gasteiger partial charge in [0.15, 0.2) is 0 Å². The van der Waals surface area contributed by atoms with E-state index in [4.69, 9.17) is 0 Å². The Bertz CT molecular complexity index is 405. The molecule has 1 aliphatic rings. The lowest BCUT2D eigenvalue weighted by Gasteiger charge is -2.10. The maximum atomic E-state index is 11.7. The van der Waals surface area contributed by atoms with Crippen molar-refractivity contribution in [3.63, 3.8) is 0 Å². The van der Waals surface area contributed by atoms with Crippen LogP contribution in [0, 0.1) is 3.57 Å². The Kier molecular flexibility index (Phi) is 8.49. The molecule has 0 bridgehead atoms. The SMILES string of the molecule is Cl.O=C(CCCCc1ccc(I)cc1)NC1CCNC1. The highest BCUT2D eigenvalue weighted by Crippen LogP contribution is 2.10. The first-order valence-electron chi connectivity index (χ1n) is 6.98. The summed E-state index contributed by atoms with van der Waals surface area (Å²) in [5.74, 6) is 0.205. The van der Waals surface area contributed by atoms with Gasteiger partial charge in [0.1, 0.15) is 0 Å². The molecule has 2 N–H and O–H groups in total. The van der Waals surface area contributed by atoms with Gasteiger partial charge in [-0.05, 0) is 72.5 Å². The average Bonchev–Trinajstić information content (AvgIpc) is 2.89. The monoisotopic (exact) mass is 408 g/mol. The van der Waals surface area contributed by atoms with Crippen molar-refractivity contribution in [3.8, 4) is 0 Å². The fourth-order valence-electron chi connectivity index (χ4n) is 2.34. The van der Waals surface area contributed by atoms with Gasteiger partial charge in [0.05, 0.1) is 0 Å². The van der Waals surface area contributed by atoms with E-state index in [2.05, 4.69) is 57.5 Å². The van der Waals surface area contributed by atoms with Crippen LogP contribution in [0.3, 0.4) is 0 Å². The van der Waals surface area contributed by atoms with Crippen LogP contribution in [-0.2, 0) is 11.2 Å². The molecular weight excluding hydrogens is 387 g/mol. The quantitative estimate of drug-likeness (QED) is 0.561. The minimum atomic E-state index is 0. The van der Waals surface area contributed by atoms with E-state index in [1.807, 2.05) is 0 Å². The summed E-state index contributed by atoms with van der Waals surface area (Å²) in [6, 6.07) is 8.97. The summed E-state index contributed by atoms with van der Waals surface area (Å²) < 4.78 is 1.27. The first-order valence-corrected chi connectivity index (χ1v) is 8.06. The van der Waals surface area contributed by atoms with Crippen LogP contribution in [-0.4, -0.2) is 25.0 Å². The van der Waals surface area contributed by atoms with E-state index in [-0.39, 0.29) is 18.3 Å². The van der Waals surface area contributed by atoms with Gasteiger partial charge in [-0.15, -0.1) is 12.4 Å². The molecule has 0 aliphatic carbocycles. The van der Waals surface area contributed by atoms with Crippen molar-refractivity contribution < 1.29 is 4.79 Å². The lowest BCUT2D eigenvalue weighted by atomic mass is 10.1. The maximum Gasteiger partial charge on any atom is 0.220 e. The van der Waals surface area contributed by atoms with Gasteiger partial charge in [-0.25, -0.2) is 0 Å². The summed E-state index contributed by atoms with van der Waals surface area (Å²) in [5, 5.41) is 6.34. The summed E-state index contributed by atoms with van der Waals surface area (Å²) in [6.45, 7) is 1.95. The molecule has 1 atom stereocenters. The molecule has 112 valence electrons. The molecule has 1 saturated heterocycles. The first-order chi connectivity index (χ1) is 9.24. The van der Waals surface area contributed by atoms with Gasteiger partial charge in [0.25, 0.3) is 0 Å². The van der Waals surface area contributed by atoms with Crippen LogP contribution in [0.2, 0.25) is 0 Å². The summed E-state index contributed by atoms with van der Waals surface area (Å²) in [5.41, 5.74) is 1.36. The third-order valence-corrected chi connectivity index (χ3v) is 4.18. The number of carbonyl (C=O) groups is 1. The number of aryl methyl sites for hydroxylation is 1. The van der Waals surface area contributed by atoms with Crippen molar-refractivity contribution in [2.75, 3.05) is 13.1 Å². The average molecular weight is 409 g/mol. The summed E-state index contributed by atoms with van der Waals surface area (Å²) in [4.78, 5) is 11.7. The number of amides is 1. The Hall–Kier alpha value is -0.330. The number of halogens is 2. The largest absolute Gasteiger partial charge is 0.352 e. The van der Waals surface area contributed by atoms with Crippen molar-refractivity contribution in [2.24, 2.45) is 0 Å². The number of hydrogen-bond donors (Lipinski definition) is 2. The fraction of sp³-hybridized carbons (Fsp3) is 0.533. The molecule has 1 unspecified atom stereocenters. The summed E-state index contributed by atoms with van der Waals surface area (Å²) in [6.07, 6.45) is 4.83. The highest BCUT2D eigenvalue weighted by atomic mass is 127. The number of hydrogen-bond acceptors (Lipinski definition) is 2. The number of rotatable bonds is 6. The smallest absolute Gasteiger partial charge is 0.220 e. The van der Waals surface area contributed by atoms with E-state index >= 15 is 0 Å². The maximum absolute atomic E-state index is 11.7. The Morgan fingerprint density at radius 2 is 2.05 bits per heavy atom. The van der Waals surface area contributed by atoms with Crippen LogP contribution >= 0.6 is 35.0 Å². The molecule has 3 nitrogen and oxygen atoms in total. The van der Waals surface area contributed by atoms with Gasteiger partial charge in [0.2, 0.25) is 5.91 Å². The van der Waals surface area contributed by atoms with Crippen LogP contribution in [0.15, 0.2) is 24.3 Å². The number of carbonyl (C=O) groups excluding carboxylic acids is 1. The number of unbranched alkanes of at least 4 members (excludes halogenated alkanes) is 1. The molecule has 20 heavy (non-hydrogen) atoms. The summed E-state index contributed by atoms with van der Waals surface area (Å²) >= 11 is 2.32. The zero-order chi connectivity index (χ0) is 13.5. The predicted octanol–water partition coefficient (Wildman–Crippen LogP) is 2.90. The Morgan fingerprint density at radius 3 is 2.70 bits per heavy atom. The lowest BCUT2D eigenvalue weighted by molar-refractivity contribution is -0.121. The van der Waals surface area contributed by atoms with Gasteiger partial charge in [-0.3, -0.25) is 4.79 Å². The molecule has 1 aliphatic heterocycles. The van der Waals surface area contributed by atoms with Crippen LogP contribution in [0.25, 0.3) is 0 Å². The van der Waals surface area contributed by atoms with Crippen molar-refractivity contribution in [1.82, 2.24) is 10.6 Å². The van der Waals surface area contributed by atoms with Gasteiger partial charge in [-0.1, -0.05) is 12.1 Å². The third kappa shape index (κ3) is 6.41. The second kappa shape index (κ2) is 9.58. The van der Waals surface area contributed by atoms with Crippen LogP contribution in [0.4, 0.5) is 0 Å². The molecule has 0 aromatic heterocycles. The molecule has 1 heterocycles. The third-order valence-electron chi connectivity index (χ3n) is 3.46. The van der Waals surface area contributed by atoms with Gasteiger partial charge in [-0.2, -0.15) is 0 Å². The topological polar surface area (TPSA) is 41.1 Å². The molecule has 1 aromatic carbocycles. The molecule has 1 aromatic rings. The Balaban J connectivity index is 0.00000200. The van der Waals surface area contributed by atoms with E-state index < -0.39 is 0 Å². The van der Waals surface area contributed by atoms with E-state index in [1.165, 1.54) is 9.13 Å². The first kappa shape index (κ1) is 17.7. The predicted molar refractivity (Wildman–Crippen MR) is 93.4 cm³/mol. The summed E-state index contributed by atoms with van der Waals surface area (Å²) in [7, 11) is 0. The molecular formula is C15H22ClIN2O. The minimum absolute atomic E-state index is 0. The number of nitrogens with one attached hydrogen (secondary N) is 2. The molecule has 0 spiro atoms. The van der Waals surface area contributed by atoms with E-state index in [9.17, 15) is 4.79 Å². The molecule has 0 saturated carbocycles. The standard InChI is InChI=1S/C15H21IN2O.ClH/c16-13-7-5-12(6-8-13)3-1-2-4-15(19)18-14-9-10-17-11-14;/h5-8,14,17H,1-4,9-11H2,(H,18,19);1H. The highest BCUT2D eigenvalue weighted by Gasteiger charge is 2.15. The fourth-order valence-corrected chi connectivity index (χ4v) is 2.70. The highest BCUT2D eigenvalue weighted by molar-refractivity contribution is 14.1. The Morgan fingerprint density at radius 1 is 1.30 bits per heavy atom. The van der Waals surface area contributed by atoms with E-state index in [1.54, 1.807) is 0 Å². The van der Waals surface area contributed by atoms with E-state index in [0.29, 0.717) is 12.5 Å². The van der Waals surface area contributed by atoms with Crippen LogP contribution in [0.1, 0.15) is 31.2 Å². The van der Waals surface area contributed by atoms with Gasteiger partial charge >= 0.3 is 0 Å². The Labute approximate surface area is 140 Å². The molecule has 1 amide bonds. The zero-order valence-corrected chi connectivity index (χ0v) is 14.5. The van der Waals surface area contributed by atoms with Crippen molar-refractivity contribution in [1.29, 1.82) is 0 Å². The van der Waals surface area contributed by atoms with Gasteiger partial charge < -0.3 is 10.6 Å². The zero-order valence-electron chi connectivity index (χ0n) is 11.5. The van der Waals surface area contributed by atoms with Crippen LogP contribution < -0.4 is 10.6 Å². The molecule has 0 radical (unpaired) electrons.